The van der Waals surface area contributed by atoms with Gasteiger partial charge in [0, 0.05) is 10.2 Å². The third kappa shape index (κ3) is 3.30. The molecule has 1 aromatic heterocycles. The van der Waals surface area contributed by atoms with Gasteiger partial charge in [-0.15, -0.1) is 11.3 Å². The highest BCUT2D eigenvalue weighted by Gasteiger charge is 2.09. The van der Waals surface area contributed by atoms with E-state index in [-0.39, 0.29) is 5.54 Å². The van der Waals surface area contributed by atoms with Crippen LogP contribution in [-0.2, 0) is 6.42 Å². The third-order valence-corrected chi connectivity index (χ3v) is 3.87. The normalized spacial score (nSPS) is 12.2. The van der Waals surface area contributed by atoms with Gasteiger partial charge in [0.2, 0.25) is 0 Å². The molecule has 0 aliphatic heterocycles. The Hall–Kier alpha value is -0.860. The predicted octanol–water partition coefficient (Wildman–Crippen LogP) is 4.14. The van der Waals surface area contributed by atoms with E-state index in [0.717, 1.165) is 13.0 Å². The second kappa shape index (κ2) is 4.79. The molecule has 0 aliphatic rings. The standard InChI is InChI=1S/C15H21NS/c1-11-5-6-14-13(9-11)12(10-17-14)7-8-16-15(2,3)4/h5-6,9-10,16H,7-8H2,1-4H3. The summed E-state index contributed by atoms with van der Waals surface area (Å²) in [5.74, 6) is 0. The molecule has 0 spiro atoms. The molecule has 17 heavy (non-hydrogen) atoms. The lowest BCUT2D eigenvalue weighted by Gasteiger charge is -2.20. The lowest BCUT2D eigenvalue weighted by atomic mass is 10.1. The molecule has 1 heterocycles. The Morgan fingerprint density at radius 3 is 2.71 bits per heavy atom. The van der Waals surface area contributed by atoms with E-state index in [1.807, 2.05) is 11.3 Å². The summed E-state index contributed by atoms with van der Waals surface area (Å²) >= 11 is 1.85. The summed E-state index contributed by atoms with van der Waals surface area (Å²) in [6.07, 6.45) is 1.11. The molecule has 0 amide bonds. The zero-order valence-corrected chi connectivity index (χ0v) is 11.9. The van der Waals surface area contributed by atoms with E-state index < -0.39 is 0 Å². The van der Waals surface area contributed by atoms with Crippen LogP contribution in [0.15, 0.2) is 23.6 Å². The van der Waals surface area contributed by atoms with Crippen LogP contribution in [-0.4, -0.2) is 12.1 Å². The Balaban J connectivity index is 2.11. The first-order valence-electron chi connectivity index (χ1n) is 6.17. The molecule has 1 N–H and O–H groups in total. The molecule has 0 fully saturated rings. The van der Waals surface area contributed by atoms with Gasteiger partial charge in [-0.3, -0.25) is 0 Å². The van der Waals surface area contributed by atoms with Crippen molar-refractivity contribution in [2.24, 2.45) is 0 Å². The molecule has 0 unspecified atom stereocenters. The molecule has 0 aliphatic carbocycles. The fourth-order valence-corrected chi connectivity index (χ4v) is 2.94. The molecular formula is C15H21NS. The van der Waals surface area contributed by atoms with Crippen molar-refractivity contribution in [2.75, 3.05) is 6.54 Å². The number of rotatable bonds is 3. The highest BCUT2D eigenvalue weighted by molar-refractivity contribution is 7.17. The van der Waals surface area contributed by atoms with Crippen LogP contribution in [0.3, 0.4) is 0 Å². The van der Waals surface area contributed by atoms with Crippen molar-refractivity contribution >= 4 is 21.4 Å². The van der Waals surface area contributed by atoms with E-state index in [2.05, 4.69) is 56.6 Å². The van der Waals surface area contributed by atoms with Crippen molar-refractivity contribution < 1.29 is 0 Å². The molecular weight excluding hydrogens is 226 g/mol. The first-order chi connectivity index (χ1) is 7.96. The summed E-state index contributed by atoms with van der Waals surface area (Å²) in [5, 5.41) is 7.28. The van der Waals surface area contributed by atoms with Crippen molar-refractivity contribution in [3.63, 3.8) is 0 Å². The lowest BCUT2D eigenvalue weighted by molar-refractivity contribution is 0.430. The summed E-state index contributed by atoms with van der Waals surface area (Å²) in [4.78, 5) is 0. The molecule has 1 aromatic carbocycles. The third-order valence-electron chi connectivity index (χ3n) is 2.86. The molecule has 92 valence electrons. The first kappa shape index (κ1) is 12.6. The molecule has 0 saturated heterocycles. The van der Waals surface area contributed by atoms with Gasteiger partial charge in [0.1, 0.15) is 0 Å². The second-order valence-electron chi connectivity index (χ2n) is 5.69. The molecule has 0 atom stereocenters. The maximum Gasteiger partial charge on any atom is 0.0345 e. The van der Waals surface area contributed by atoms with Gasteiger partial charge >= 0.3 is 0 Å². The van der Waals surface area contributed by atoms with Crippen LogP contribution in [0.4, 0.5) is 0 Å². The largest absolute Gasteiger partial charge is 0.312 e. The van der Waals surface area contributed by atoms with E-state index in [1.54, 1.807) is 0 Å². The van der Waals surface area contributed by atoms with Crippen molar-refractivity contribution in [2.45, 2.75) is 39.7 Å². The van der Waals surface area contributed by atoms with Gasteiger partial charge in [0.25, 0.3) is 0 Å². The summed E-state index contributed by atoms with van der Waals surface area (Å²) in [5.41, 5.74) is 3.04. The summed E-state index contributed by atoms with van der Waals surface area (Å²) in [7, 11) is 0. The van der Waals surface area contributed by atoms with Gasteiger partial charge in [-0.1, -0.05) is 17.7 Å². The van der Waals surface area contributed by atoms with Crippen molar-refractivity contribution in [3.8, 4) is 0 Å². The molecule has 1 nitrogen and oxygen atoms in total. The van der Waals surface area contributed by atoms with Crippen LogP contribution in [0, 0.1) is 6.92 Å². The van der Waals surface area contributed by atoms with Gasteiger partial charge < -0.3 is 5.32 Å². The van der Waals surface area contributed by atoms with Crippen LogP contribution in [0.25, 0.3) is 10.1 Å². The Kier molecular flexibility index (Phi) is 3.55. The van der Waals surface area contributed by atoms with Gasteiger partial charge in [-0.25, -0.2) is 0 Å². The van der Waals surface area contributed by atoms with E-state index >= 15 is 0 Å². The van der Waals surface area contributed by atoms with Crippen LogP contribution in [0.1, 0.15) is 31.9 Å². The SMILES string of the molecule is Cc1ccc2scc(CCNC(C)(C)C)c2c1. The zero-order chi connectivity index (χ0) is 12.5. The van der Waals surface area contributed by atoms with Gasteiger partial charge in [0.15, 0.2) is 0 Å². The summed E-state index contributed by atoms with van der Waals surface area (Å²) in [6.45, 7) is 9.84. The van der Waals surface area contributed by atoms with Crippen LogP contribution in [0.2, 0.25) is 0 Å². The average Bonchev–Trinajstić information content (AvgIpc) is 2.59. The smallest absolute Gasteiger partial charge is 0.0345 e. The van der Waals surface area contributed by atoms with E-state index in [1.165, 1.54) is 21.2 Å². The Morgan fingerprint density at radius 2 is 2.00 bits per heavy atom. The summed E-state index contributed by atoms with van der Waals surface area (Å²) < 4.78 is 1.40. The second-order valence-corrected chi connectivity index (χ2v) is 6.60. The number of hydrogen-bond donors (Lipinski definition) is 1. The lowest BCUT2D eigenvalue weighted by Crippen LogP contribution is -2.37. The van der Waals surface area contributed by atoms with E-state index in [9.17, 15) is 0 Å². The number of thiophene rings is 1. The van der Waals surface area contributed by atoms with E-state index in [0.29, 0.717) is 0 Å². The Bertz CT molecular complexity index is 505. The number of fused-ring (bicyclic) bond motifs is 1. The molecule has 0 bridgehead atoms. The topological polar surface area (TPSA) is 12.0 Å². The van der Waals surface area contributed by atoms with Crippen molar-refractivity contribution in [3.05, 3.63) is 34.7 Å². The molecule has 0 saturated carbocycles. The number of aryl methyl sites for hydroxylation is 1. The highest BCUT2D eigenvalue weighted by Crippen LogP contribution is 2.27. The van der Waals surface area contributed by atoms with Crippen LogP contribution in [0.5, 0.6) is 0 Å². The maximum atomic E-state index is 3.54. The number of nitrogens with one attached hydrogen (secondary N) is 1. The zero-order valence-electron chi connectivity index (χ0n) is 11.1. The fourth-order valence-electron chi connectivity index (χ4n) is 1.96. The molecule has 0 radical (unpaired) electrons. The van der Waals surface area contributed by atoms with Crippen LogP contribution < -0.4 is 5.32 Å². The Morgan fingerprint density at radius 1 is 1.24 bits per heavy atom. The van der Waals surface area contributed by atoms with Gasteiger partial charge in [0.05, 0.1) is 0 Å². The quantitative estimate of drug-likeness (QED) is 0.859. The minimum atomic E-state index is 0.210. The minimum absolute atomic E-state index is 0.210. The van der Waals surface area contributed by atoms with E-state index in [4.69, 9.17) is 0 Å². The minimum Gasteiger partial charge on any atom is -0.312 e. The average molecular weight is 247 g/mol. The molecule has 2 aromatic rings. The Labute approximate surface area is 108 Å². The highest BCUT2D eigenvalue weighted by atomic mass is 32.1. The predicted molar refractivity (Wildman–Crippen MR) is 78.0 cm³/mol. The van der Waals surface area contributed by atoms with Gasteiger partial charge in [-0.05, 0) is 63.1 Å². The number of hydrogen-bond acceptors (Lipinski definition) is 2. The van der Waals surface area contributed by atoms with Crippen LogP contribution >= 0.6 is 11.3 Å². The first-order valence-corrected chi connectivity index (χ1v) is 7.05. The fraction of sp³-hybridized carbons (Fsp3) is 0.467. The molecule has 2 heteroatoms. The monoisotopic (exact) mass is 247 g/mol. The van der Waals surface area contributed by atoms with Crippen molar-refractivity contribution in [1.29, 1.82) is 0 Å². The summed E-state index contributed by atoms with van der Waals surface area (Å²) in [6, 6.07) is 6.73. The number of benzene rings is 1. The maximum absolute atomic E-state index is 3.54. The molecule has 2 rings (SSSR count). The van der Waals surface area contributed by atoms with Crippen molar-refractivity contribution in [1.82, 2.24) is 5.32 Å². The van der Waals surface area contributed by atoms with Gasteiger partial charge in [-0.2, -0.15) is 0 Å².